The Kier molecular flexibility index (Phi) is 5.48. The molecule has 1 saturated heterocycles. The van der Waals surface area contributed by atoms with Crippen molar-refractivity contribution in [1.82, 2.24) is 4.90 Å². The summed E-state index contributed by atoms with van der Waals surface area (Å²) in [7, 11) is 0. The SMILES string of the molecule is CCC(C)Oc1cccc(NC(=O)N2CCCC(C)C2)c1. The topological polar surface area (TPSA) is 41.6 Å². The largest absolute Gasteiger partial charge is 0.491 e. The molecule has 2 amide bonds. The summed E-state index contributed by atoms with van der Waals surface area (Å²) in [6.45, 7) is 8.02. The van der Waals surface area contributed by atoms with Crippen LogP contribution in [0.4, 0.5) is 10.5 Å². The number of urea groups is 1. The van der Waals surface area contributed by atoms with Gasteiger partial charge in [-0.3, -0.25) is 0 Å². The third kappa shape index (κ3) is 4.66. The van der Waals surface area contributed by atoms with Gasteiger partial charge in [0.05, 0.1) is 6.10 Å². The third-order valence-corrected chi connectivity index (χ3v) is 3.94. The molecule has 21 heavy (non-hydrogen) atoms. The van der Waals surface area contributed by atoms with Gasteiger partial charge in [0.15, 0.2) is 0 Å². The van der Waals surface area contributed by atoms with Crippen LogP contribution in [0.1, 0.15) is 40.0 Å². The molecule has 4 nitrogen and oxygen atoms in total. The van der Waals surface area contributed by atoms with Crippen LogP contribution < -0.4 is 10.1 Å². The van der Waals surface area contributed by atoms with Crippen LogP contribution in [-0.4, -0.2) is 30.1 Å². The van der Waals surface area contributed by atoms with Gasteiger partial charge in [0.25, 0.3) is 0 Å². The zero-order valence-electron chi connectivity index (χ0n) is 13.3. The van der Waals surface area contributed by atoms with Crippen LogP contribution in [0.3, 0.4) is 0 Å². The summed E-state index contributed by atoms with van der Waals surface area (Å²) >= 11 is 0. The summed E-state index contributed by atoms with van der Waals surface area (Å²) in [5.41, 5.74) is 0.791. The van der Waals surface area contributed by atoms with Gasteiger partial charge in [-0.25, -0.2) is 4.79 Å². The Morgan fingerprint density at radius 1 is 1.52 bits per heavy atom. The first-order valence-electron chi connectivity index (χ1n) is 7.91. The molecule has 2 unspecified atom stereocenters. The van der Waals surface area contributed by atoms with Crippen LogP contribution in [0.15, 0.2) is 24.3 Å². The van der Waals surface area contributed by atoms with Crippen LogP contribution >= 0.6 is 0 Å². The molecule has 0 aliphatic carbocycles. The van der Waals surface area contributed by atoms with E-state index in [1.165, 1.54) is 6.42 Å². The molecule has 116 valence electrons. The highest BCUT2D eigenvalue weighted by Crippen LogP contribution is 2.21. The van der Waals surface area contributed by atoms with E-state index in [9.17, 15) is 4.79 Å². The number of likely N-dealkylation sites (tertiary alicyclic amines) is 1. The Hall–Kier alpha value is -1.71. The Balaban J connectivity index is 1.95. The van der Waals surface area contributed by atoms with Crippen molar-refractivity contribution in [3.63, 3.8) is 0 Å². The minimum atomic E-state index is -0.0118. The quantitative estimate of drug-likeness (QED) is 0.906. The molecular weight excluding hydrogens is 264 g/mol. The van der Waals surface area contributed by atoms with Crippen molar-refractivity contribution in [2.75, 3.05) is 18.4 Å². The number of amides is 2. The summed E-state index contributed by atoms with van der Waals surface area (Å²) in [6, 6.07) is 7.60. The fourth-order valence-corrected chi connectivity index (χ4v) is 2.54. The predicted octanol–water partition coefficient (Wildman–Crippen LogP) is 4.13. The molecule has 1 aliphatic heterocycles. The second-order valence-corrected chi connectivity index (χ2v) is 5.99. The van der Waals surface area contributed by atoms with Crippen molar-refractivity contribution >= 4 is 11.7 Å². The van der Waals surface area contributed by atoms with Crippen molar-refractivity contribution in [2.24, 2.45) is 5.92 Å². The second-order valence-electron chi connectivity index (χ2n) is 5.99. The van der Waals surface area contributed by atoms with Gasteiger partial charge in [-0.1, -0.05) is 19.9 Å². The average Bonchev–Trinajstić information content (AvgIpc) is 2.47. The number of carbonyl (C=O) groups is 1. The van der Waals surface area contributed by atoms with E-state index in [1.54, 1.807) is 0 Å². The molecular formula is C17H26N2O2. The molecule has 0 saturated carbocycles. The van der Waals surface area contributed by atoms with Crippen LogP contribution in [0.5, 0.6) is 5.75 Å². The van der Waals surface area contributed by atoms with E-state index in [4.69, 9.17) is 4.74 Å². The van der Waals surface area contributed by atoms with E-state index in [2.05, 4.69) is 19.2 Å². The maximum absolute atomic E-state index is 12.3. The zero-order valence-corrected chi connectivity index (χ0v) is 13.3. The highest BCUT2D eigenvalue weighted by atomic mass is 16.5. The molecule has 0 radical (unpaired) electrons. The molecule has 0 aromatic heterocycles. The van der Waals surface area contributed by atoms with Crippen molar-refractivity contribution in [3.05, 3.63) is 24.3 Å². The highest BCUT2D eigenvalue weighted by molar-refractivity contribution is 5.89. The van der Waals surface area contributed by atoms with E-state index in [0.29, 0.717) is 5.92 Å². The monoisotopic (exact) mass is 290 g/mol. The Bertz CT molecular complexity index is 476. The lowest BCUT2D eigenvalue weighted by molar-refractivity contribution is 0.182. The summed E-state index contributed by atoms with van der Waals surface area (Å²) < 4.78 is 5.78. The third-order valence-electron chi connectivity index (χ3n) is 3.94. The maximum atomic E-state index is 12.3. The van der Waals surface area contributed by atoms with Crippen molar-refractivity contribution in [1.29, 1.82) is 0 Å². The number of nitrogens with zero attached hydrogens (tertiary/aromatic N) is 1. The molecule has 0 bridgehead atoms. The molecule has 2 rings (SSSR count). The van der Waals surface area contributed by atoms with Crippen molar-refractivity contribution in [2.45, 2.75) is 46.1 Å². The Labute approximate surface area is 127 Å². The lowest BCUT2D eigenvalue weighted by Gasteiger charge is -2.31. The highest BCUT2D eigenvalue weighted by Gasteiger charge is 2.20. The Morgan fingerprint density at radius 2 is 2.33 bits per heavy atom. The lowest BCUT2D eigenvalue weighted by atomic mass is 10.0. The van der Waals surface area contributed by atoms with E-state index in [0.717, 1.165) is 37.4 Å². The number of hydrogen-bond acceptors (Lipinski definition) is 2. The lowest BCUT2D eigenvalue weighted by Crippen LogP contribution is -2.41. The fraction of sp³-hybridized carbons (Fsp3) is 0.588. The average molecular weight is 290 g/mol. The summed E-state index contributed by atoms with van der Waals surface area (Å²) in [5.74, 6) is 1.39. The molecule has 1 aromatic carbocycles. The van der Waals surface area contributed by atoms with Gasteiger partial charge >= 0.3 is 6.03 Å². The molecule has 1 heterocycles. The van der Waals surface area contributed by atoms with Gasteiger partial charge in [-0.15, -0.1) is 0 Å². The first kappa shape index (κ1) is 15.7. The van der Waals surface area contributed by atoms with E-state index < -0.39 is 0 Å². The van der Waals surface area contributed by atoms with Gasteiger partial charge in [-0.2, -0.15) is 0 Å². The van der Waals surface area contributed by atoms with Crippen molar-refractivity contribution in [3.8, 4) is 5.75 Å². The molecule has 1 aliphatic rings. The van der Waals surface area contributed by atoms with Gasteiger partial charge < -0.3 is 15.0 Å². The second kappa shape index (κ2) is 7.34. The number of anilines is 1. The number of benzene rings is 1. The van der Waals surface area contributed by atoms with E-state index >= 15 is 0 Å². The molecule has 2 atom stereocenters. The number of rotatable bonds is 4. The summed E-state index contributed by atoms with van der Waals surface area (Å²) in [6.07, 6.45) is 3.44. The minimum absolute atomic E-state index is 0.0118. The van der Waals surface area contributed by atoms with Crippen molar-refractivity contribution < 1.29 is 9.53 Å². The number of hydrogen-bond donors (Lipinski definition) is 1. The number of carbonyl (C=O) groups excluding carboxylic acids is 1. The standard InChI is InChI=1S/C17H26N2O2/c1-4-14(3)21-16-9-5-8-15(11-16)18-17(20)19-10-6-7-13(2)12-19/h5,8-9,11,13-14H,4,6-7,10,12H2,1-3H3,(H,18,20). The first-order valence-corrected chi connectivity index (χ1v) is 7.91. The summed E-state index contributed by atoms with van der Waals surface area (Å²) in [4.78, 5) is 14.2. The molecule has 1 aromatic rings. The Morgan fingerprint density at radius 3 is 3.05 bits per heavy atom. The number of ether oxygens (including phenoxy) is 1. The zero-order chi connectivity index (χ0) is 15.2. The number of nitrogens with one attached hydrogen (secondary N) is 1. The summed E-state index contributed by atoms with van der Waals surface area (Å²) in [5, 5.41) is 2.97. The van der Waals surface area contributed by atoms with Crippen LogP contribution in [0, 0.1) is 5.92 Å². The van der Waals surface area contributed by atoms with Gasteiger partial charge in [0, 0.05) is 24.8 Å². The minimum Gasteiger partial charge on any atom is -0.491 e. The molecule has 1 fully saturated rings. The van der Waals surface area contributed by atoms with Crippen LogP contribution in [0.2, 0.25) is 0 Å². The van der Waals surface area contributed by atoms with Crippen LogP contribution in [0.25, 0.3) is 0 Å². The maximum Gasteiger partial charge on any atom is 0.321 e. The van der Waals surface area contributed by atoms with Gasteiger partial charge in [-0.05, 0) is 44.2 Å². The molecule has 1 N–H and O–H groups in total. The van der Waals surface area contributed by atoms with E-state index in [-0.39, 0.29) is 12.1 Å². The first-order chi connectivity index (χ1) is 10.1. The molecule has 0 spiro atoms. The normalized spacial score (nSPS) is 20.0. The van der Waals surface area contributed by atoms with Gasteiger partial charge in [0.2, 0.25) is 0 Å². The predicted molar refractivity (Wildman–Crippen MR) is 85.8 cm³/mol. The number of piperidine rings is 1. The van der Waals surface area contributed by atoms with Gasteiger partial charge in [0.1, 0.15) is 5.75 Å². The fourth-order valence-electron chi connectivity index (χ4n) is 2.54. The van der Waals surface area contributed by atoms with Crippen LogP contribution in [-0.2, 0) is 0 Å². The molecule has 4 heteroatoms. The van der Waals surface area contributed by atoms with E-state index in [1.807, 2.05) is 36.1 Å². The smallest absolute Gasteiger partial charge is 0.321 e.